The number of carbonyl (C=O) groups is 2. The molecule has 0 spiro atoms. The Morgan fingerprint density at radius 1 is 0.818 bits per heavy atom. The first-order valence-electron chi connectivity index (χ1n) is 10.7. The molecule has 0 atom stereocenters. The fourth-order valence-corrected chi connectivity index (χ4v) is 3.76. The highest BCUT2D eigenvalue weighted by Crippen LogP contribution is 2.31. The molecule has 0 aliphatic carbocycles. The Labute approximate surface area is 193 Å². The standard InChI is InChI=1S/C27H26N2O4/c1-18-7-11-20(12-8-18)24-25(28-21-5-4-6-23(17-21)33-3)27(31)29(26(24)30)16-15-19-9-13-22(32-2)14-10-19/h4-14,17,28H,15-16H2,1-3H3. The second-order valence-electron chi connectivity index (χ2n) is 7.83. The van der Waals surface area contributed by atoms with Crippen molar-refractivity contribution in [2.45, 2.75) is 13.3 Å². The van der Waals surface area contributed by atoms with Crippen molar-refractivity contribution in [3.05, 3.63) is 95.2 Å². The van der Waals surface area contributed by atoms with Crippen LogP contribution in [0.15, 0.2) is 78.5 Å². The molecule has 1 N–H and O–H groups in total. The van der Waals surface area contributed by atoms with E-state index in [0.717, 1.165) is 16.9 Å². The number of hydrogen-bond donors (Lipinski definition) is 1. The van der Waals surface area contributed by atoms with Crippen LogP contribution in [0.1, 0.15) is 16.7 Å². The van der Waals surface area contributed by atoms with Crippen LogP contribution in [0.5, 0.6) is 11.5 Å². The summed E-state index contributed by atoms with van der Waals surface area (Å²) in [6.45, 7) is 2.26. The molecule has 33 heavy (non-hydrogen) atoms. The molecular formula is C27H26N2O4. The van der Waals surface area contributed by atoms with E-state index in [4.69, 9.17) is 9.47 Å². The predicted octanol–water partition coefficient (Wildman–Crippen LogP) is 4.45. The average Bonchev–Trinajstić information content (AvgIpc) is 3.07. The summed E-state index contributed by atoms with van der Waals surface area (Å²) in [5.74, 6) is 0.778. The van der Waals surface area contributed by atoms with Crippen LogP contribution >= 0.6 is 0 Å². The number of amides is 2. The van der Waals surface area contributed by atoms with Crippen LogP contribution in [0.2, 0.25) is 0 Å². The molecule has 168 valence electrons. The fourth-order valence-electron chi connectivity index (χ4n) is 3.76. The largest absolute Gasteiger partial charge is 0.497 e. The first-order chi connectivity index (χ1) is 16.0. The van der Waals surface area contributed by atoms with Crippen LogP contribution in [0.25, 0.3) is 5.57 Å². The normalized spacial score (nSPS) is 13.5. The summed E-state index contributed by atoms with van der Waals surface area (Å²) in [4.78, 5) is 28.1. The molecular weight excluding hydrogens is 416 g/mol. The van der Waals surface area contributed by atoms with Crippen molar-refractivity contribution in [3.8, 4) is 11.5 Å². The van der Waals surface area contributed by atoms with Gasteiger partial charge in [-0.25, -0.2) is 0 Å². The molecule has 3 aromatic rings. The first-order valence-corrected chi connectivity index (χ1v) is 10.7. The molecule has 1 heterocycles. The highest BCUT2D eigenvalue weighted by molar-refractivity contribution is 6.36. The van der Waals surface area contributed by atoms with Gasteiger partial charge in [-0.1, -0.05) is 48.0 Å². The van der Waals surface area contributed by atoms with Gasteiger partial charge in [0.05, 0.1) is 19.8 Å². The fraction of sp³-hybridized carbons (Fsp3) is 0.185. The Kier molecular flexibility index (Phi) is 6.45. The summed E-state index contributed by atoms with van der Waals surface area (Å²) in [7, 11) is 3.20. The molecule has 0 aromatic heterocycles. The minimum Gasteiger partial charge on any atom is -0.497 e. The van der Waals surface area contributed by atoms with E-state index in [9.17, 15) is 9.59 Å². The lowest BCUT2D eigenvalue weighted by Gasteiger charge is -2.15. The molecule has 3 aromatic carbocycles. The maximum atomic E-state index is 13.4. The second-order valence-corrected chi connectivity index (χ2v) is 7.83. The number of carbonyl (C=O) groups excluding carboxylic acids is 2. The number of anilines is 1. The Morgan fingerprint density at radius 2 is 1.52 bits per heavy atom. The lowest BCUT2D eigenvalue weighted by atomic mass is 10.0. The number of benzene rings is 3. The number of nitrogens with one attached hydrogen (secondary N) is 1. The van der Waals surface area contributed by atoms with Gasteiger partial charge in [0.15, 0.2) is 0 Å². The lowest BCUT2D eigenvalue weighted by molar-refractivity contribution is -0.136. The van der Waals surface area contributed by atoms with Gasteiger partial charge in [-0.2, -0.15) is 0 Å². The summed E-state index contributed by atoms with van der Waals surface area (Å²) >= 11 is 0. The minimum absolute atomic E-state index is 0.270. The molecule has 0 saturated heterocycles. The van der Waals surface area contributed by atoms with Gasteiger partial charge in [0, 0.05) is 18.3 Å². The van der Waals surface area contributed by atoms with Crippen LogP contribution in [-0.2, 0) is 16.0 Å². The van der Waals surface area contributed by atoms with E-state index < -0.39 is 0 Å². The average molecular weight is 443 g/mol. The van der Waals surface area contributed by atoms with Crippen LogP contribution in [0.4, 0.5) is 5.69 Å². The molecule has 0 unspecified atom stereocenters. The summed E-state index contributed by atoms with van der Waals surface area (Å²) in [5, 5.41) is 3.17. The van der Waals surface area contributed by atoms with Crippen molar-refractivity contribution in [1.82, 2.24) is 4.90 Å². The van der Waals surface area contributed by atoms with E-state index in [0.29, 0.717) is 29.0 Å². The number of rotatable bonds is 8. The van der Waals surface area contributed by atoms with Crippen LogP contribution in [-0.4, -0.2) is 37.5 Å². The van der Waals surface area contributed by atoms with E-state index in [1.807, 2.05) is 73.7 Å². The molecule has 1 aliphatic rings. The number of nitrogens with zero attached hydrogens (tertiary/aromatic N) is 1. The highest BCUT2D eigenvalue weighted by Gasteiger charge is 2.38. The first kappa shape index (κ1) is 22.1. The molecule has 4 rings (SSSR count). The van der Waals surface area contributed by atoms with Gasteiger partial charge in [0.25, 0.3) is 11.8 Å². The maximum absolute atomic E-state index is 13.4. The second kappa shape index (κ2) is 9.61. The number of hydrogen-bond acceptors (Lipinski definition) is 5. The Morgan fingerprint density at radius 3 is 2.18 bits per heavy atom. The van der Waals surface area contributed by atoms with Crippen LogP contribution < -0.4 is 14.8 Å². The topological polar surface area (TPSA) is 67.9 Å². The van der Waals surface area contributed by atoms with Gasteiger partial charge in [-0.05, 0) is 48.7 Å². The van der Waals surface area contributed by atoms with Crippen molar-refractivity contribution in [2.75, 3.05) is 26.1 Å². The van der Waals surface area contributed by atoms with Crippen molar-refractivity contribution < 1.29 is 19.1 Å². The van der Waals surface area contributed by atoms with E-state index in [-0.39, 0.29) is 24.1 Å². The molecule has 0 fully saturated rings. The van der Waals surface area contributed by atoms with E-state index in [1.54, 1.807) is 20.3 Å². The SMILES string of the molecule is COc1ccc(CCN2C(=O)C(Nc3cccc(OC)c3)=C(c3ccc(C)cc3)C2=O)cc1. The van der Waals surface area contributed by atoms with Gasteiger partial charge in [-0.15, -0.1) is 0 Å². The third-order valence-electron chi connectivity index (χ3n) is 5.63. The van der Waals surface area contributed by atoms with Crippen molar-refractivity contribution >= 4 is 23.1 Å². The van der Waals surface area contributed by atoms with E-state index in [2.05, 4.69) is 5.32 Å². The van der Waals surface area contributed by atoms with Crippen molar-refractivity contribution in [2.24, 2.45) is 0 Å². The van der Waals surface area contributed by atoms with Crippen molar-refractivity contribution in [3.63, 3.8) is 0 Å². The van der Waals surface area contributed by atoms with Gasteiger partial charge in [0.2, 0.25) is 0 Å². The zero-order valence-corrected chi connectivity index (χ0v) is 18.9. The number of ether oxygens (including phenoxy) is 2. The molecule has 1 aliphatic heterocycles. The van der Waals surface area contributed by atoms with Gasteiger partial charge in [0.1, 0.15) is 17.2 Å². The summed E-state index contributed by atoms with van der Waals surface area (Å²) in [6.07, 6.45) is 0.551. The lowest BCUT2D eigenvalue weighted by Crippen LogP contribution is -2.34. The zero-order chi connectivity index (χ0) is 23.4. The predicted molar refractivity (Wildman–Crippen MR) is 128 cm³/mol. The van der Waals surface area contributed by atoms with Crippen LogP contribution in [0.3, 0.4) is 0 Å². The van der Waals surface area contributed by atoms with E-state index in [1.165, 1.54) is 4.90 Å². The van der Waals surface area contributed by atoms with Gasteiger partial charge in [-0.3, -0.25) is 14.5 Å². The number of aryl methyl sites for hydroxylation is 1. The van der Waals surface area contributed by atoms with Gasteiger partial charge < -0.3 is 14.8 Å². The molecule has 6 heteroatoms. The summed E-state index contributed by atoms with van der Waals surface area (Å²) < 4.78 is 10.5. The monoisotopic (exact) mass is 442 g/mol. The van der Waals surface area contributed by atoms with E-state index >= 15 is 0 Å². The van der Waals surface area contributed by atoms with Crippen molar-refractivity contribution in [1.29, 1.82) is 0 Å². The minimum atomic E-state index is -0.341. The number of imide groups is 1. The molecule has 0 radical (unpaired) electrons. The molecule has 2 amide bonds. The third kappa shape index (κ3) is 4.75. The van der Waals surface area contributed by atoms with Crippen LogP contribution in [0, 0.1) is 6.92 Å². The summed E-state index contributed by atoms with van der Waals surface area (Å²) in [5.41, 5.74) is 4.12. The Bertz CT molecular complexity index is 1200. The smallest absolute Gasteiger partial charge is 0.278 e. The van der Waals surface area contributed by atoms with Gasteiger partial charge >= 0.3 is 0 Å². The molecule has 0 saturated carbocycles. The third-order valence-corrected chi connectivity index (χ3v) is 5.63. The molecule has 6 nitrogen and oxygen atoms in total. The Balaban J connectivity index is 1.63. The number of methoxy groups -OCH3 is 2. The summed E-state index contributed by atoms with van der Waals surface area (Å²) in [6, 6.07) is 22.5. The molecule has 0 bridgehead atoms. The quantitative estimate of drug-likeness (QED) is 0.522. The highest BCUT2D eigenvalue weighted by atomic mass is 16.5. The zero-order valence-electron chi connectivity index (χ0n) is 18.9. The Hall–Kier alpha value is -4.06. The maximum Gasteiger partial charge on any atom is 0.278 e.